The quantitative estimate of drug-likeness (QED) is 0.844. The number of carboxylic acids is 1. The van der Waals surface area contributed by atoms with E-state index in [1.165, 1.54) is 18.2 Å². The maximum atomic E-state index is 12.5. The molecule has 1 aliphatic rings. The summed E-state index contributed by atoms with van der Waals surface area (Å²) in [6.07, 6.45) is -0.00586. The van der Waals surface area contributed by atoms with Crippen molar-refractivity contribution in [1.82, 2.24) is 5.32 Å². The first-order valence-corrected chi connectivity index (χ1v) is 8.04. The van der Waals surface area contributed by atoms with E-state index < -0.39 is 22.8 Å². The predicted octanol–water partition coefficient (Wildman–Crippen LogP) is 3.38. The van der Waals surface area contributed by atoms with Gasteiger partial charge in [0.05, 0.1) is 16.1 Å². The van der Waals surface area contributed by atoms with Gasteiger partial charge in [-0.15, -0.1) is 0 Å². The van der Waals surface area contributed by atoms with Crippen LogP contribution in [-0.2, 0) is 9.53 Å². The lowest BCUT2D eigenvalue weighted by molar-refractivity contribution is -0.190. The lowest BCUT2D eigenvalue weighted by Crippen LogP contribution is -2.76. The van der Waals surface area contributed by atoms with Crippen molar-refractivity contribution >= 4 is 35.1 Å². The molecule has 1 fully saturated rings. The van der Waals surface area contributed by atoms with E-state index in [0.29, 0.717) is 11.6 Å². The number of ether oxygens (including phenoxy) is 1. The van der Waals surface area contributed by atoms with E-state index in [2.05, 4.69) is 5.32 Å². The average Bonchev–Trinajstić information content (AvgIpc) is 2.48. The van der Waals surface area contributed by atoms with Crippen molar-refractivity contribution in [3.05, 3.63) is 33.8 Å². The van der Waals surface area contributed by atoms with Crippen LogP contribution in [0.1, 0.15) is 37.6 Å². The van der Waals surface area contributed by atoms with Crippen molar-refractivity contribution in [1.29, 1.82) is 0 Å². The third kappa shape index (κ3) is 2.93. The number of benzene rings is 1. The van der Waals surface area contributed by atoms with Crippen LogP contribution in [-0.4, -0.2) is 35.2 Å². The summed E-state index contributed by atoms with van der Waals surface area (Å²) in [5.41, 5.74) is -1.85. The first kappa shape index (κ1) is 18.0. The maximum Gasteiger partial charge on any atom is 0.330 e. The summed E-state index contributed by atoms with van der Waals surface area (Å²) in [7, 11) is 0. The van der Waals surface area contributed by atoms with Gasteiger partial charge in [-0.2, -0.15) is 0 Å². The van der Waals surface area contributed by atoms with E-state index in [1.807, 2.05) is 6.92 Å². The van der Waals surface area contributed by atoms with Crippen molar-refractivity contribution in [3.63, 3.8) is 0 Å². The highest BCUT2D eigenvalue weighted by Gasteiger charge is 2.66. The van der Waals surface area contributed by atoms with E-state index in [-0.39, 0.29) is 23.1 Å². The second-order valence-electron chi connectivity index (χ2n) is 6.16. The summed E-state index contributed by atoms with van der Waals surface area (Å²) in [6, 6.07) is 4.42. The lowest BCUT2D eigenvalue weighted by Gasteiger charge is -2.58. The van der Waals surface area contributed by atoms with E-state index in [4.69, 9.17) is 27.9 Å². The number of hydrogen-bond acceptors (Lipinski definition) is 3. The van der Waals surface area contributed by atoms with E-state index >= 15 is 0 Å². The first-order valence-electron chi connectivity index (χ1n) is 7.28. The molecule has 1 aromatic carbocycles. The highest BCUT2D eigenvalue weighted by molar-refractivity contribution is 6.42. The highest BCUT2D eigenvalue weighted by atomic mass is 35.5. The molecule has 126 valence electrons. The Morgan fingerprint density at radius 1 is 1.35 bits per heavy atom. The minimum absolute atomic E-state index is 0.218. The Morgan fingerprint density at radius 2 is 2.00 bits per heavy atom. The molecule has 0 aromatic heterocycles. The smallest absolute Gasteiger partial charge is 0.330 e. The molecule has 1 saturated carbocycles. The van der Waals surface area contributed by atoms with Gasteiger partial charge in [-0.25, -0.2) is 4.79 Å². The molecular formula is C16H19Cl2NO4. The third-order valence-corrected chi connectivity index (χ3v) is 5.38. The van der Waals surface area contributed by atoms with Gasteiger partial charge in [-0.05, 0) is 25.1 Å². The fraction of sp³-hybridized carbons (Fsp3) is 0.500. The summed E-state index contributed by atoms with van der Waals surface area (Å²) in [6.45, 7) is 5.90. The summed E-state index contributed by atoms with van der Waals surface area (Å²) in [5.74, 6) is -1.58. The van der Waals surface area contributed by atoms with Crippen LogP contribution in [0.2, 0.25) is 10.0 Å². The van der Waals surface area contributed by atoms with Gasteiger partial charge < -0.3 is 15.2 Å². The van der Waals surface area contributed by atoms with E-state index in [0.717, 1.165) is 0 Å². The van der Waals surface area contributed by atoms with Crippen molar-refractivity contribution in [3.8, 4) is 0 Å². The zero-order valence-electron chi connectivity index (χ0n) is 13.2. The molecule has 0 spiro atoms. The Kier molecular flexibility index (Phi) is 4.95. The summed E-state index contributed by atoms with van der Waals surface area (Å²) in [5, 5.41) is 12.9. The van der Waals surface area contributed by atoms with Gasteiger partial charge in [0, 0.05) is 24.0 Å². The van der Waals surface area contributed by atoms with Crippen LogP contribution < -0.4 is 5.32 Å². The monoisotopic (exact) mass is 359 g/mol. The molecule has 7 heteroatoms. The van der Waals surface area contributed by atoms with Crippen LogP contribution in [0.15, 0.2) is 18.2 Å². The van der Waals surface area contributed by atoms with Crippen LogP contribution in [0.4, 0.5) is 0 Å². The molecule has 0 heterocycles. The molecule has 2 N–H and O–H groups in total. The predicted molar refractivity (Wildman–Crippen MR) is 88.1 cm³/mol. The molecule has 2 rings (SSSR count). The molecule has 0 aliphatic heterocycles. The fourth-order valence-electron chi connectivity index (χ4n) is 2.94. The molecule has 23 heavy (non-hydrogen) atoms. The zero-order chi connectivity index (χ0) is 17.4. The summed E-state index contributed by atoms with van der Waals surface area (Å²) < 4.78 is 5.57. The molecule has 1 aliphatic carbocycles. The van der Waals surface area contributed by atoms with Crippen molar-refractivity contribution < 1.29 is 19.4 Å². The lowest BCUT2D eigenvalue weighted by atomic mass is 9.54. The first-order chi connectivity index (χ1) is 10.7. The van der Waals surface area contributed by atoms with E-state index in [1.54, 1.807) is 13.8 Å². The number of hydrogen-bond donors (Lipinski definition) is 2. The fourth-order valence-corrected chi connectivity index (χ4v) is 3.24. The van der Waals surface area contributed by atoms with Gasteiger partial charge in [0.2, 0.25) is 0 Å². The third-order valence-electron chi connectivity index (χ3n) is 4.64. The molecule has 1 aromatic rings. The number of aliphatic carboxylic acids is 1. The largest absolute Gasteiger partial charge is 0.479 e. The van der Waals surface area contributed by atoms with Gasteiger partial charge in [-0.1, -0.05) is 37.0 Å². The van der Waals surface area contributed by atoms with Gasteiger partial charge in [0.15, 0.2) is 0 Å². The number of carbonyl (C=O) groups excluding carboxylic acids is 1. The number of amides is 1. The van der Waals surface area contributed by atoms with Gasteiger partial charge in [0.25, 0.3) is 5.91 Å². The standard InChI is InChI=1S/C16H19Cl2NO4/c1-4-23-12-8-16(14(21)22,15(12,2)3)19-13(20)9-5-6-10(17)11(18)7-9/h5-7,12H,4,8H2,1-3H3,(H,19,20)(H,21,22). The van der Waals surface area contributed by atoms with Crippen molar-refractivity contribution in [2.75, 3.05) is 6.61 Å². The Morgan fingerprint density at radius 3 is 2.48 bits per heavy atom. The molecule has 0 radical (unpaired) electrons. The SMILES string of the molecule is CCOC1CC(NC(=O)c2ccc(Cl)c(Cl)c2)(C(=O)O)C1(C)C. The molecule has 1 amide bonds. The van der Waals surface area contributed by atoms with Gasteiger partial charge >= 0.3 is 5.97 Å². The van der Waals surface area contributed by atoms with Crippen LogP contribution in [0.3, 0.4) is 0 Å². The second-order valence-corrected chi connectivity index (χ2v) is 6.98. The molecule has 0 saturated heterocycles. The van der Waals surface area contributed by atoms with Crippen LogP contribution >= 0.6 is 23.2 Å². The summed E-state index contributed by atoms with van der Waals surface area (Å²) in [4.78, 5) is 24.3. The maximum absolute atomic E-state index is 12.5. The molecule has 0 bridgehead atoms. The zero-order valence-corrected chi connectivity index (χ0v) is 14.7. The normalized spacial score (nSPS) is 25.5. The topological polar surface area (TPSA) is 75.6 Å². The summed E-state index contributed by atoms with van der Waals surface area (Å²) >= 11 is 11.7. The minimum atomic E-state index is -1.38. The minimum Gasteiger partial charge on any atom is -0.479 e. The number of halogens is 2. The number of carboxylic acid groups (broad SMARTS) is 1. The molecule has 2 atom stereocenters. The number of rotatable bonds is 5. The van der Waals surface area contributed by atoms with Gasteiger partial charge in [0.1, 0.15) is 5.54 Å². The number of nitrogens with one attached hydrogen (secondary N) is 1. The molecule has 2 unspecified atom stereocenters. The Hall–Kier alpha value is -1.30. The molecule has 5 nitrogen and oxygen atoms in total. The number of carbonyl (C=O) groups is 2. The van der Waals surface area contributed by atoms with Crippen LogP contribution in [0, 0.1) is 5.41 Å². The second kappa shape index (κ2) is 6.30. The molecular weight excluding hydrogens is 341 g/mol. The van der Waals surface area contributed by atoms with E-state index in [9.17, 15) is 14.7 Å². The Bertz CT molecular complexity index is 647. The van der Waals surface area contributed by atoms with Crippen molar-refractivity contribution in [2.24, 2.45) is 5.41 Å². The van der Waals surface area contributed by atoms with Gasteiger partial charge in [-0.3, -0.25) is 4.79 Å². The van der Waals surface area contributed by atoms with Crippen LogP contribution in [0.5, 0.6) is 0 Å². The Labute approximate surface area is 144 Å². The van der Waals surface area contributed by atoms with Crippen molar-refractivity contribution in [2.45, 2.75) is 38.8 Å². The highest BCUT2D eigenvalue weighted by Crippen LogP contribution is 2.51. The Balaban J connectivity index is 2.26. The average molecular weight is 360 g/mol. The van der Waals surface area contributed by atoms with Crippen LogP contribution in [0.25, 0.3) is 0 Å².